The summed E-state index contributed by atoms with van der Waals surface area (Å²) in [4.78, 5) is 4.69. The maximum Gasteiger partial charge on any atom is 0.161 e. The summed E-state index contributed by atoms with van der Waals surface area (Å²) in [6.45, 7) is 6.54. The van der Waals surface area contributed by atoms with Crippen molar-refractivity contribution in [2.45, 2.75) is 39.7 Å². The number of hydrogen-bond donors (Lipinski definition) is 1. The maximum absolute atomic E-state index is 4.69. The number of hydrogen-bond acceptors (Lipinski definition) is 3. The topological polar surface area (TPSA) is 24.4 Å². The Kier molecular flexibility index (Phi) is 4.11. The first kappa shape index (κ1) is 12.5. The van der Waals surface area contributed by atoms with Gasteiger partial charge in [0.15, 0.2) is 5.17 Å². The molecule has 1 unspecified atom stereocenters. The second-order valence-electron chi connectivity index (χ2n) is 4.39. The van der Waals surface area contributed by atoms with E-state index in [2.05, 4.69) is 49.3 Å². The van der Waals surface area contributed by atoms with Gasteiger partial charge in [0.1, 0.15) is 0 Å². The van der Waals surface area contributed by atoms with Crippen LogP contribution in [0, 0.1) is 6.92 Å². The molecule has 1 heterocycles. The van der Waals surface area contributed by atoms with Crippen molar-refractivity contribution in [2.75, 3.05) is 11.1 Å². The van der Waals surface area contributed by atoms with Crippen molar-refractivity contribution < 1.29 is 0 Å². The molecule has 92 valence electrons. The van der Waals surface area contributed by atoms with E-state index in [1.165, 1.54) is 16.8 Å². The summed E-state index contributed by atoms with van der Waals surface area (Å²) in [5, 5.41) is 4.59. The summed E-state index contributed by atoms with van der Waals surface area (Å²) in [6.07, 6.45) is 2.19. The highest BCUT2D eigenvalue weighted by molar-refractivity contribution is 8.14. The fourth-order valence-corrected chi connectivity index (χ4v) is 3.06. The van der Waals surface area contributed by atoms with E-state index in [9.17, 15) is 0 Å². The number of amidine groups is 1. The minimum Gasteiger partial charge on any atom is -0.335 e. The molecule has 1 aliphatic heterocycles. The lowest BCUT2D eigenvalue weighted by Gasteiger charge is -2.13. The van der Waals surface area contributed by atoms with Crippen LogP contribution in [0.25, 0.3) is 0 Å². The van der Waals surface area contributed by atoms with E-state index in [4.69, 9.17) is 0 Å². The average Bonchev–Trinajstić information content (AvgIpc) is 2.79. The van der Waals surface area contributed by atoms with Crippen LogP contribution in [0.5, 0.6) is 0 Å². The molecular formula is C14H20N2S. The number of benzene rings is 1. The normalized spacial score (nSPS) is 19.2. The molecule has 0 amide bonds. The van der Waals surface area contributed by atoms with Gasteiger partial charge in [0, 0.05) is 11.4 Å². The van der Waals surface area contributed by atoms with Crippen molar-refractivity contribution in [1.29, 1.82) is 0 Å². The molecule has 0 bridgehead atoms. The fraction of sp³-hybridized carbons (Fsp3) is 0.500. The highest BCUT2D eigenvalue weighted by Gasteiger charge is 2.17. The monoisotopic (exact) mass is 248 g/mol. The van der Waals surface area contributed by atoms with E-state index in [-0.39, 0.29) is 0 Å². The molecular weight excluding hydrogens is 228 g/mol. The lowest BCUT2D eigenvalue weighted by molar-refractivity contribution is 0.738. The number of thioether (sulfide) groups is 1. The summed E-state index contributed by atoms with van der Waals surface area (Å²) in [7, 11) is 0. The van der Waals surface area contributed by atoms with E-state index >= 15 is 0 Å². The van der Waals surface area contributed by atoms with Crippen molar-refractivity contribution in [1.82, 2.24) is 0 Å². The van der Waals surface area contributed by atoms with Gasteiger partial charge in [-0.3, -0.25) is 4.99 Å². The Morgan fingerprint density at radius 1 is 1.41 bits per heavy atom. The first-order valence-electron chi connectivity index (χ1n) is 6.30. The molecule has 0 fully saturated rings. The average molecular weight is 248 g/mol. The molecule has 0 spiro atoms. The lowest BCUT2D eigenvalue weighted by atomic mass is 10.1. The summed E-state index contributed by atoms with van der Waals surface area (Å²) >= 11 is 1.84. The summed E-state index contributed by atoms with van der Waals surface area (Å²) in [5.41, 5.74) is 3.92. The molecule has 17 heavy (non-hydrogen) atoms. The Morgan fingerprint density at radius 2 is 2.24 bits per heavy atom. The van der Waals surface area contributed by atoms with Crippen molar-refractivity contribution in [3.05, 3.63) is 29.3 Å². The van der Waals surface area contributed by atoms with Crippen LogP contribution in [0.2, 0.25) is 0 Å². The van der Waals surface area contributed by atoms with Crippen LogP contribution in [0.1, 0.15) is 31.4 Å². The second-order valence-corrected chi connectivity index (χ2v) is 5.40. The number of rotatable bonds is 3. The second kappa shape index (κ2) is 5.58. The molecule has 1 N–H and O–H groups in total. The predicted octanol–water partition coefficient (Wildman–Crippen LogP) is 3.85. The van der Waals surface area contributed by atoms with Crippen LogP contribution >= 0.6 is 11.8 Å². The molecule has 2 rings (SSSR count). The van der Waals surface area contributed by atoms with E-state index in [0.29, 0.717) is 6.04 Å². The molecule has 1 aliphatic rings. The van der Waals surface area contributed by atoms with Gasteiger partial charge in [-0.15, -0.1) is 0 Å². The van der Waals surface area contributed by atoms with Gasteiger partial charge < -0.3 is 5.32 Å². The molecule has 0 aliphatic carbocycles. The third-order valence-corrected chi connectivity index (χ3v) is 4.19. The van der Waals surface area contributed by atoms with E-state index in [1.807, 2.05) is 11.8 Å². The predicted molar refractivity (Wildman–Crippen MR) is 78.2 cm³/mol. The highest BCUT2D eigenvalue weighted by atomic mass is 32.2. The largest absolute Gasteiger partial charge is 0.335 e. The molecule has 1 atom stereocenters. The summed E-state index contributed by atoms with van der Waals surface area (Å²) in [6, 6.07) is 6.96. The highest BCUT2D eigenvalue weighted by Crippen LogP contribution is 2.26. The number of aliphatic imine (C=N–C) groups is 1. The third-order valence-electron chi connectivity index (χ3n) is 3.16. The minimum atomic E-state index is 0.497. The van der Waals surface area contributed by atoms with Crippen LogP contribution in [-0.2, 0) is 6.42 Å². The number of nitrogens with zero attached hydrogens (tertiary/aromatic N) is 1. The zero-order chi connectivity index (χ0) is 12.3. The van der Waals surface area contributed by atoms with Crippen LogP contribution < -0.4 is 5.32 Å². The lowest BCUT2D eigenvalue weighted by Crippen LogP contribution is -2.09. The molecule has 3 heteroatoms. The van der Waals surface area contributed by atoms with E-state index in [1.54, 1.807) is 0 Å². The molecule has 1 aromatic carbocycles. The number of para-hydroxylation sites is 1. The Morgan fingerprint density at radius 3 is 2.88 bits per heavy atom. The standard InChI is InChI=1S/C14H20N2S/c1-4-11-8-6-7-10(3)13(11)16-14-15-12(5-2)9-17-14/h6-8,12H,4-5,9H2,1-3H3,(H,15,16). The summed E-state index contributed by atoms with van der Waals surface area (Å²) in [5.74, 6) is 1.12. The van der Waals surface area contributed by atoms with Crippen LogP contribution in [0.3, 0.4) is 0 Å². The Bertz CT molecular complexity index is 426. The minimum absolute atomic E-state index is 0.497. The number of nitrogens with one attached hydrogen (secondary N) is 1. The SMILES string of the molecule is CCc1cccc(C)c1NC1=NC(CC)CS1. The summed E-state index contributed by atoms with van der Waals surface area (Å²) < 4.78 is 0. The van der Waals surface area contributed by atoms with Gasteiger partial charge >= 0.3 is 0 Å². The van der Waals surface area contributed by atoms with Gasteiger partial charge in [-0.25, -0.2) is 0 Å². The van der Waals surface area contributed by atoms with Crippen molar-refractivity contribution >= 4 is 22.6 Å². The number of aryl methyl sites for hydroxylation is 2. The molecule has 0 aromatic heterocycles. The van der Waals surface area contributed by atoms with Gasteiger partial charge in [0.2, 0.25) is 0 Å². The molecule has 1 aromatic rings. The first-order chi connectivity index (χ1) is 8.24. The third kappa shape index (κ3) is 2.83. The number of anilines is 1. The van der Waals surface area contributed by atoms with Gasteiger partial charge in [-0.1, -0.05) is 43.8 Å². The Balaban J connectivity index is 2.19. The van der Waals surface area contributed by atoms with Crippen molar-refractivity contribution in [2.24, 2.45) is 4.99 Å². The van der Waals surface area contributed by atoms with Crippen LogP contribution in [0.4, 0.5) is 5.69 Å². The zero-order valence-corrected chi connectivity index (χ0v) is 11.6. The smallest absolute Gasteiger partial charge is 0.161 e. The zero-order valence-electron chi connectivity index (χ0n) is 10.8. The van der Waals surface area contributed by atoms with Crippen molar-refractivity contribution in [3.8, 4) is 0 Å². The fourth-order valence-electron chi connectivity index (χ4n) is 2.00. The van der Waals surface area contributed by atoms with Gasteiger partial charge in [0.25, 0.3) is 0 Å². The molecule has 0 saturated heterocycles. The quantitative estimate of drug-likeness (QED) is 0.878. The molecule has 2 nitrogen and oxygen atoms in total. The van der Waals surface area contributed by atoms with Crippen LogP contribution in [0.15, 0.2) is 23.2 Å². The first-order valence-corrected chi connectivity index (χ1v) is 7.29. The molecule has 0 radical (unpaired) electrons. The van der Waals surface area contributed by atoms with Gasteiger partial charge in [-0.2, -0.15) is 0 Å². The van der Waals surface area contributed by atoms with Gasteiger partial charge in [-0.05, 0) is 30.9 Å². The molecule has 0 saturated carbocycles. The van der Waals surface area contributed by atoms with Crippen LogP contribution in [-0.4, -0.2) is 17.0 Å². The Hall–Kier alpha value is -0.960. The Labute approximate surface area is 108 Å². The van der Waals surface area contributed by atoms with Gasteiger partial charge in [0.05, 0.1) is 6.04 Å². The van der Waals surface area contributed by atoms with E-state index in [0.717, 1.165) is 23.8 Å². The van der Waals surface area contributed by atoms with Crippen molar-refractivity contribution in [3.63, 3.8) is 0 Å². The maximum atomic E-state index is 4.69. The van der Waals surface area contributed by atoms with E-state index < -0.39 is 0 Å².